The van der Waals surface area contributed by atoms with E-state index >= 15 is 0 Å². The van der Waals surface area contributed by atoms with E-state index in [4.69, 9.17) is 18.3 Å². The first kappa shape index (κ1) is 26.5. The molecule has 3 aliphatic rings. The van der Waals surface area contributed by atoms with Gasteiger partial charge in [0.25, 0.3) is 0 Å². The van der Waals surface area contributed by atoms with E-state index in [2.05, 4.69) is 59.9 Å². The molecule has 0 N–H and O–H groups in total. The third-order valence-electron chi connectivity index (χ3n) is 8.71. The second kappa shape index (κ2) is 8.49. The fourth-order valence-electron chi connectivity index (χ4n) is 6.19. The second-order valence-electron chi connectivity index (χ2n) is 13.3. The maximum Gasteiger partial charge on any atom is 0.410 e. The molecule has 4 atom stereocenters. The normalized spacial score (nSPS) is 30.1. The minimum Gasteiger partial charge on any atom is -0.469 e. The fraction of sp³-hybridized carbons (Fsp3) is 0.750. The lowest BCUT2D eigenvalue weighted by Gasteiger charge is -2.53. The van der Waals surface area contributed by atoms with Crippen molar-refractivity contribution in [3.8, 4) is 0 Å². The van der Waals surface area contributed by atoms with Gasteiger partial charge in [-0.1, -0.05) is 33.8 Å². The number of carbonyl (C=O) groups excluding carboxylic acids is 1. The SMILES string of the molecule is C[C@@H]1C[C@@]23CN(C(=O)OC(C)(C)C)CCO[C@@]2(CC=C3[C@@H](C)O[Si](C)(C)C(C)(C)C)c2ccoc21. The highest BCUT2D eigenvalue weighted by atomic mass is 28.4. The van der Waals surface area contributed by atoms with Crippen molar-refractivity contribution in [1.82, 2.24) is 4.90 Å². The zero-order valence-electron chi connectivity index (χ0n) is 23.4. The summed E-state index contributed by atoms with van der Waals surface area (Å²) in [7, 11) is -2.02. The van der Waals surface area contributed by atoms with Crippen molar-refractivity contribution < 1.29 is 23.1 Å². The lowest BCUT2D eigenvalue weighted by Crippen LogP contribution is -2.56. The van der Waals surface area contributed by atoms with Crippen LogP contribution in [0.1, 0.15) is 85.5 Å². The highest BCUT2D eigenvalue weighted by Gasteiger charge is 2.65. The van der Waals surface area contributed by atoms with Gasteiger partial charge in [-0.15, -0.1) is 0 Å². The summed E-state index contributed by atoms with van der Waals surface area (Å²) >= 11 is 0. The van der Waals surface area contributed by atoms with E-state index < -0.39 is 24.9 Å². The Kier molecular flexibility index (Phi) is 6.42. The van der Waals surface area contributed by atoms with Gasteiger partial charge in [-0.05, 0) is 63.9 Å². The Hall–Kier alpha value is -1.57. The Morgan fingerprint density at radius 3 is 2.54 bits per heavy atom. The molecule has 2 heterocycles. The zero-order chi connectivity index (χ0) is 26.0. The van der Waals surface area contributed by atoms with E-state index in [0.717, 1.165) is 24.2 Å². The van der Waals surface area contributed by atoms with Crippen LogP contribution >= 0.6 is 0 Å². The molecule has 1 aromatic rings. The predicted molar refractivity (Wildman–Crippen MR) is 140 cm³/mol. The lowest BCUT2D eigenvalue weighted by atomic mass is 9.58. The Balaban J connectivity index is 1.78. The molecule has 7 heteroatoms. The van der Waals surface area contributed by atoms with Crippen LogP contribution in [0.5, 0.6) is 0 Å². The predicted octanol–water partition coefficient (Wildman–Crippen LogP) is 6.98. The highest BCUT2D eigenvalue weighted by molar-refractivity contribution is 6.74. The summed E-state index contributed by atoms with van der Waals surface area (Å²) in [5, 5.41) is 0.106. The van der Waals surface area contributed by atoms with Crippen molar-refractivity contribution >= 4 is 14.4 Å². The van der Waals surface area contributed by atoms with E-state index in [0.29, 0.717) is 19.7 Å². The number of fused-ring (bicyclic) bond motifs is 1. The largest absolute Gasteiger partial charge is 0.469 e. The molecule has 0 unspecified atom stereocenters. The molecule has 1 amide bonds. The smallest absolute Gasteiger partial charge is 0.410 e. The summed E-state index contributed by atoms with van der Waals surface area (Å²) in [5.74, 6) is 1.22. The molecule has 1 fully saturated rings. The van der Waals surface area contributed by atoms with Gasteiger partial charge in [-0.3, -0.25) is 0 Å². The first-order valence-corrected chi connectivity index (χ1v) is 16.0. The fourth-order valence-corrected chi connectivity index (χ4v) is 7.56. The second-order valence-corrected chi connectivity index (χ2v) is 18.1. The Labute approximate surface area is 212 Å². The monoisotopic (exact) mass is 503 g/mol. The van der Waals surface area contributed by atoms with Gasteiger partial charge in [0.05, 0.1) is 19.0 Å². The summed E-state index contributed by atoms with van der Waals surface area (Å²) in [6, 6.07) is 2.08. The molecule has 1 aromatic heterocycles. The summed E-state index contributed by atoms with van der Waals surface area (Å²) in [6.45, 7) is 23.1. The molecule has 0 bridgehead atoms. The van der Waals surface area contributed by atoms with Crippen LogP contribution in [0, 0.1) is 5.41 Å². The number of hydrogen-bond donors (Lipinski definition) is 0. The minimum atomic E-state index is -2.02. The van der Waals surface area contributed by atoms with Crippen molar-refractivity contribution in [2.45, 2.75) is 110 Å². The van der Waals surface area contributed by atoms with Gasteiger partial charge in [0.15, 0.2) is 8.32 Å². The molecule has 0 radical (unpaired) electrons. The third-order valence-corrected chi connectivity index (χ3v) is 13.3. The number of carbonyl (C=O) groups is 1. The van der Waals surface area contributed by atoms with Crippen molar-refractivity contribution in [1.29, 1.82) is 0 Å². The van der Waals surface area contributed by atoms with E-state index in [1.807, 2.05) is 25.7 Å². The van der Waals surface area contributed by atoms with Gasteiger partial charge >= 0.3 is 6.09 Å². The van der Waals surface area contributed by atoms with Crippen LogP contribution < -0.4 is 0 Å². The van der Waals surface area contributed by atoms with Crippen LogP contribution in [0.25, 0.3) is 0 Å². The summed E-state index contributed by atoms with van der Waals surface area (Å²) in [6.07, 6.45) is 5.38. The maximum atomic E-state index is 13.3. The van der Waals surface area contributed by atoms with Gasteiger partial charge in [-0.25, -0.2) is 4.79 Å². The molecule has 0 spiro atoms. The number of rotatable bonds is 3. The zero-order valence-corrected chi connectivity index (χ0v) is 24.4. The van der Waals surface area contributed by atoms with Crippen molar-refractivity contribution in [3.63, 3.8) is 0 Å². The van der Waals surface area contributed by atoms with Gasteiger partial charge in [0.1, 0.15) is 17.0 Å². The van der Waals surface area contributed by atoms with E-state index in [9.17, 15) is 4.79 Å². The van der Waals surface area contributed by atoms with Crippen LogP contribution in [0.15, 0.2) is 28.4 Å². The van der Waals surface area contributed by atoms with Crippen molar-refractivity contribution in [3.05, 3.63) is 35.3 Å². The first-order valence-electron chi connectivity index (χ1n) is 13.1. The third kappa shape index (κ3) is 4.31. The van der Waals surface area contributed by atoms with Crippen LogP contribution in [0.2, 0.25) is 18.1 Å². The molecule has 1 aliphatic heterocycles. The number of ether oxygens (including phenoxy) is 2. The Bertz CT molecular complexity index is 1000. The average Bonchev–Trinajstić information content (AvgIpc) is 3.26. The Morgan fingerprint density at radius 1 is 1.23 bits per heavy atom. The van der Waals surface area contributed by atoms with Crippen LogP contribution in [-0.2, 0) is 19.5 Å². The molecule has 6 nitrogen and oxygen atoms in total. The van der Waals surface area contributed by atoms with E-state index in [1.165, 1.54) is 5.57 Å². The van der Waals surface area contributed by atoms with Crippen LogP contribution in [0.4, 0.5) is 4.79 Å². The molecule has 0 saturated carbocycles. The molecule has 0 aromatic carbocycles. The molecule has 2 aliphatic carbocycles. The summed E-state index contributed by atoms with van der Waals surface area (Å²) in [4.78, 5) is 15.2. The van der Waals surface area contributed by atoms with Gasteiger partial charge < -0.3 is 23.2 Å². The van der Waals surface area contributed by atoms with E-state index in [-0.39, 0.29) is 23.2 Å². The summed E-state index contributed by atoms with van der Waals surface area (Å²) in [5.41, 5.74) is 0.880. The topological polar surface area (TPSA) is 61.1 Å². The van der Waals surface area contributed by atoms with Crippen molar-refractivity contribution in [2.24, 2.45) is 5.41 Å². The van der Waals surface area contributed by atoms with Crippen molar-refractivity contribution in [2.75, 3.05) is 19.7 Å². The summed E-state index contributed by atoms with van der Waals surface area (Å²) < 4.78 is 25.6. The lowest BCUT2D eigenvalue weighted by molar-refractivity contribution is -0.120. The van der Waals surface area contributed by atoms with Crippen LogP contribution in [-0.4, -0.2) is 50.7 Å². The maximum absolute atomic E-state index is 13.3. The van der Waals surface area contributed by atoms with Gasteiger partial charge in [0, 0.05) is 36.4 Å². The number of nitrogens with zero attached hydrogens (tertiary/aromatic N) is 1. The molecular formula is C28H45NO5Si. The van der Waals surface area contributed by atoms with Gasteiger partial charge in [-0.2, -0.15) is 0 Å². The molecule has 196 valence electrons. The number of amides is 1. The number of furan rings is 1. The average molecular weight is 504 g/mol. The molecule has 1 saturated heterocycles. The minimum absolute atomic E-state index is 0.0689. The van der Waals surface area contributed by atoms with Gasteiger partial charge in [0.2, 0.25) is 0 Å². The first-order chi connectivity index (χ1) is 16.0. The molecule has 4 rings (SSSR count). The quantitative estimate of drug-likeness (QED) is 0.329. The molecular weight excluding hydrogens is 458 g/mol. The highest BCUT2D eigenvalue weighted by Crippen LogP contribution is 2.65. The standard InChI is InChI=1S/C28H45NO5Si/c1-19-17-27-18-29(24(30)33-25(3,4)5)14-16-32-28(27,22-12-15-31-23(19)22)13-11-21(27)20(2)34-35(9,10)26(6,7)8/h11-12,15,19-20H,13-14,16-18H2,1-10H3/t19-,20-,27+,28+/m1/s1. The number of hydrogen-bond acceptors (Lipinski definition) is 5. The van der Waals surface area contributed by atoms with Crippen LogP contribution in [0.3, 0.4) is 0 Å². The Morgan fingerprint density at radius 2 is 1.91 bits per heavy atom. The molecule has 35 heavy (non-hydrogen) atoms. The van der Waals surface area contributed by atoms with E-state index in [1.54, 1.807) is 6.26 Å².